The number of nitrogens with one attached hydrogen (secondary N) is 2. The minimum absolute atomic E-state index is 0.0284. The van der Waals surface area contributed by atoms with E-state index in [9.17, 15) is 4.79 Å². The van der Waals surface area contributed by atoms with Gasteiger partial charge in [0.05, 0.1) is 11.6 Å². The Morgan fingerprint density at radius 3 is 2.81 bits per heavy atom. The summed E-state index contributed by atoms with van der Waals surface area (Å²) in [5, 5.41) is 14.9. The van der Waals surface area contributed by atoms with E-state index >= 15 is 0 Å². The zero-order valence-electron chi connectivity index (χ0n) is 12.5. The SMILES string of the molecule is CC1(CNC(=O)N[C@H](CCO)c2ccccc2)CCCO1. The van der Waals surface area contributed by atoms with E-state index in [1.54, 1.807) is 0 Å². The fourth-order valence-electron chi connectivity index (χ4n) is 2.59. The molecule has 1 aromatic rings. The molecule has 5 nitrogen and oxygen atoms in total. The van der Waals surface area contributed by atoms with Crippen molar-refractivity contribution in [2.75, 3.05) is 19.8 Å². The average Bonchev–Trinajstić information content (AvgIpc) is 2.93. The maximum Gasteiger partial charge on any atom is 0.315 e. The Labute approximate surface area is 125 Å². The number of carbonyl (C=O) groups excluding carboxylic acids is 1. The molecule has 1 aliphatic heterocycles. The van der Waals surface area contributed by atoms with Crippen molar-refractivity contribution < 1.29 is 14.6 Å². The van der Waals surface area contributed by atoms with Crippen LogP contribution in [0.2, 0.25) is 0 Å². The Hall–Kier alpha value is -1.59. The van der Waals surface area contributed by atoms with Crippen molar-refractivity contribution >= 4 is 6.03 Å². The predicted molar refractivity (Wildman–Crippen MR) is 81.0 cm³/mol. The van der Waals surface area contributed by atoms with Crippen molar-refractivity contribution in [2.45, 2.75) is 37.8 Å². The number of hydrogen-bond donors (Lipinski definition) is 3. The molecule has 1 aliphatic rings. The maximum atomic E-state index is 12.0. The van der Waals surface area contributed by atoms with E-state index in [-0.39, 0.29) is 24.3 Å². The van der Waals surface area contributed by atoms with Crippen molar-refractivity contribution in [3.63, 3.8) is 0 Å². The fourth-order valence-corrected chi connectivity index (χ4v) is 2.59. The van der Waals surface area contributed by atoms with Gasteiger partial charge in [0, 0.05) is 19.8 Å². The molecule has 1 unspecified atom stereocenters. The molecular formula is C16H24N2O3. The van der Waals surface area contributed by atoms with Gasteiger partial charge in [0.15, 0.2) is 0 Å². The van der Waals surface area contributed by atoms with E-state index in [4.69, 9.17) is 9.84 Å². The van der Waals surface area contributed by atoms with Crippen LogP contribution in [0.3, 0.4) is 0 Å². The van der Waals surface area contributed by atoms with Gasteiger partial charge in [-0.2, -0.15) is 0 Å². The molecule has 0 aromatic heterocycles. The Bertz CT molecular complexity index is 444. The highest BCUT2D eigenvalue weighted by Gasteiger charge is 2.30. The zero-order valence-corrected chi connectivity index (χ0v) is 12.5. The summed E-state index contributed by atoms with van der Waals surface area (Å²) >= 11 is 0. The number of aliphatic hydroxyl groups excluding tert-OH is 1. The van der Waals surface area contributed by atoms with Crippen LogP contribution in [0.4, 0.5) is 4.79 Å². The van der Waals surface area contributed by atoms with Crippen LogP contribution in [0.5, 0.6) is 0 Å². The first-order valence-corrected chi connectivity index (χ1v) is 7.47. The van der Waals surface area contributed by atoms with Crippen LogP contribution in [0.25, 0.3) is 0 Å². The molecule has 0 spiro atoms. The van der Waals surface area contributed by atoms with Gasteiger partial charge in [-0.25, -0.2) is 4.79 Å². The molecule has 3 N–H and O–H groups in total. The Kier molecular flexibility index (Phi) is 5.59. The molecule has 1 fully saturated rings. The van der Waals surface area contributed by atoms with E-state index in [2.05, 4.69) is 10.6 Å². The summed E-state index contributed by atoms with van der Waals surface area (Å²) in [4.78, 5) is 12.0. The second kappa shape index (κ2) is 7.43. The van der Waals surface area contributed by atoms with Gasteiger partial charge in [-0.15, -0.1) is 0 Å². The second-order valence-corrected chi connectivity index (χ2v) is 5.70. The Balaban J connectivity index is 1.86. The molecule has 0 radical (unpaired) electrons. The number of carbonyl (C=O) groups is 1. The highest BCUT2D eigenvalue weighted by atomic mass is 16.5. The molecule has 0 saturated carbocycles. The van der Waals surface area contributed by atoms with Gasteiger partial charge < -0.3 is 20.5 Å². The van der Waals surface area contributed by atoms with Gasteiger partial charge in [0.2, 0.25) is 0 Å². The van der Waals surface area contributed by atoms with Crippen molar-refractivity contribution in [3.8, 4) is 0 Å². The van der Waals surface area contributed by atoms with Crippen LogP contribution in [0.15, 0.2) is 30.3 Å². The first kappa shape index (κ1) is 15.8. The summed E-state index contributed by atoms with van der Waals surface area (Å²) in [7, 11) is 0. The maximum absolute atomic E-state index is 12.0. The monoisotopic (exact) mass is 292 g/mol. The van der Waals surface area contributed by atoms with Crippen LogP contribution in [0, 0.1) is 0 Å². The van der Waals surface area contributed by atoms with Gasteiger partial charge >= 0.3 is 6.03 Å². The predicted octanol–water partition coefficient (Wildman–Crippen LogP) is 1.98. The molecule has 0 bridgehead atoms. The number of rotatable bonds is 6. The van der Waals surface area contributed by atoms with Crippen LogP contribution in [0.1, 0.15) is 37.8 Å². The van der Waals surface area contributed by atoms with Crippen LogP contribution < -0.4 is 10.6 Å². The molecule has 116 valence electrons. The molecule has 5 heteroatoms. The summed E-state index contributed by atoms with van der Waals surface area (Å²) in [5.74, 6) is 0. The Morgan fingerprint density at radius 2 is 2.19 bits per heavy atom. The van der Waals surface area contributed by atoms with Gasteiger partial charge in [-0.05, 0) is 31.7 Å². The molecule has 2 rings (SSSR count). The Morgan fingerprint density at radius 1 is 1.43 bits per heavy atom. The smallest absolute Gasteiger partial charge is 0.315 e. The number of ether oxygens (including phenoxy) is 1. The van der Waals surface area contributed by atoms with E-state index in [0.29, 0.717) is 13.0 Å². The van der Waals surface area contributed by atoms with E-state index in [0.717, 1.165) is 25.0 Å². The highest BCUT2D eigenvalue weighted by molar-refractivity contribution is 5.74. The van der Waals surface area contributed by atoms with E-state index in [1.807, 2.05) is 37.3 Å². The lowest BCUT2D eigenvalue weighted by molar-refractivity contribution is 0.0228. The number of urea groups is 1. The van der Waals surface area contributed by atoms with Gasteiger partial charge in [0.25, 0.3) is 0 Å². The molecule has 1 heterocycles. The van der Waals surface area contributed by atoms with Crippen LogP contribution in [-0.4, -0.2) is 36.5 Å². The van der Waals surface area contributed by atoms with E-state index < -0.39 is 0 Å². The average molecular weight is 292 g/mol. The van der Waals surface area contributed by atoms with Crippen molar-refractivity contribution in [1.29, 1.82) is 0 Å². The molecule has 1 aromatic carbocycles. The lowest BCUT2D eigenvalue weighted by Crippen LogP contribution is -2.45. The summed E-state index contributed by atoms with van der Waals surface area (Å²) < 4.78 is 5.65. The van der Waals surface area contributed by atoms with Crippen LogP contribution in [-0.2, 0) is 4.74 Å². The normalized spacial score (nSPS) is 22.8. The third-order valence-corrected chi connectivity index (χ3v) is 3.85. The lowest BCUT2D eigenvalue weighted by Gasteiger charge is -2.25. The summed E-state index contributed by atoms with van der Waals surface area (Å²) in [6, 6.07) is 9.25. The molecule has 21 heavy (non-hydrogen) atoms. The van der Waals surface area contributed by atoms with Crippen molar-refractivity contribution in [1.82, 2.24) is 10.6 Å². The second-order valence-electron chi connectivity index (χ2n) is 5.70. The standard InChI is InChI=1S/C16H24N2O3/c1-16(9-5-11-21-16)12-17-15(20)18-14(8-10-19)13-6-3-2-4-7-13/h2-4,6-7,14,19H,5,8-12H2,1H3,(H2,17,18,20)/t14-,16?/m1/s1. The molecule has 2 amide bonds. The van der Waals surface area contributed by atoms with Crippen LogP contribution >= 0.6 is 0 Å². The lowest BCUT2D eigenvalue weighted by atomic mass is 10.0. The third-order valence-electron chi connectivity index (χ3n) is 3.85. The van der Waals surface area contributed by atoms with Gasteiger partial charge in [-0.1, -0.05) is 30.3 Å². The van der Waals surface area contributed by atoms with Gasteiger partial charge in [-0.3, -0.25) is 0 Å². The van der Waals surface area contributed by atoms with Gasteiger partial charge in [0.1, 0.15) is 0 Å². The molecule has 1 saturated heterocycles. The summed E-state index contributed by atoms with van der Waals surface area (Å²) in [5.41, 5.74) is 0.737. The zero-order chi connectivity index (χ0) is 15.1. The number of hydrogen-bond acceptors (Lipinski definition) is 3. The highest BCUT2D eigenvalue weighted by Crippen LogP contribution is 2.24. The molecule has 0 aliphatic carbocycles. The largest absolute Gasteiger partial charge is 0.396 e. The summed E-state index contributed by atoms with van der Waals surface area (Å²) in [6.45, 7) is 3.31. The summed E-state index contributed by atoms with van der Waals surface area (Å²) in [6.07, 6.45) is 2.49. The number of aliphatic hydroxyl groups is 1. The third kappa shape index (κ3) is 4.72. The number of benzene rings is 1. The molecular weight excluding hydrogens is 268 g/mol. The first-order valence-electron chi connectivity index (χ1n) is 7.47. The minimum atomic E-state index is -0.253. The quantitative estimate of drug-likeness (QED) is 0.751. The van der Waals surface area contributed by atoms with Crippen molar-refractivity contribution in [2.24, 2.45) is 0 Å². The van der Waals surface area contributed by atoms with Crippen molar-refractivity contribution in [3.05, 3.63) is 35.9 Å². The fraction of sp³-hybridized carbons (Fsp3) is 0.562. The molecule has 2 atom stereocenters. The number of amides is 2. The van der Waals surface area contributed by atoms with E-state index in [1.165, 1.54) is 0 Å². The topological polar surface area (TPSA) is 70.6 Å². The first-order chi connectivity index (χ1) is 10.1. The minimum Gasteiger partial charge on any atom is -0.396 e.